The van der Waals surface area contributed by atoms with Crippen LogP contribution in [0.1, 0.15) is 18.4 Å². The number of carbonyl (C=O) groups is 1. The number of hydrogen-bond acceptors (Lipinski definition) is 3. The molecule has 1 amide bonds. The summed E-state index contributed by atoms with van der Waals surface area (Å²) in [6.07, 6.45) is 2.91. The lowest BCUT2D eigenvalue weighted by molar-refractivity contribution is -0.122. The maximum atomic E-state index is 12.0. The summed E-state index contributed by atoms with van der Waals surface area (Å²) in [5, 5.41) is 3.00. The fraction of sp³-hybridized carbons (Fsp3) is 0.562. The van der Waals surface area contributed by atoms with Crippen LogP contribution in [-0.4, -0.2) is 43.5 Å². The summed E-state index contributed by atoms with van der Waals surface area (Å²) in [6, 6.07) is 9.46. The standard InChI is InChI=1S/C16H25N3O/c1-19-9-7-14(8-10-19)12-18-16(20)15(17)11-13-5-3-2-4-6-13/h2-6,14-15H,7-12,17H2,1H3,(H,18,20). The number of piperidine rings is 1. The van der Waals surface area contributed by atoms with Gasteiger partial charge in [-0.1, -0.05) is 30.3 Å². The van der Waals surface area contributed by atoms with Gasteiger partial charge in [0.1, 0.15) is 0 Å². The number of nitrogens with two attached hydrogens (primary N) is 1. The van der Waals surface area contributed by atoms with Crippen molar-refractivity contribution in [1.29, 1.82) is 0 Å². The summed E-state index contributed by atoms with van der Waals surface area (Å²) in [7, 11) is 2.14. The van der Waals surface area contributed by atoms with Gasteiger partial charge in [0.2, 0.25) is 5.91 Å². The molecule has 3 N–H and O–H groups in total. The zero-order valence-corrected chi connectivity index (χ0v) is 12.2. The Balaban J connectivity index is 1.71. The first-order chi connectivity index (χ1) is 9.65. The van der Waals surface area contributed by atoms with Gasteiger partial charge in [-0.15, -0.1) is 0 Å². The van der Waals surface area contributed by atoms with Crippen LogP contribution in [0.15, 0.2) is 30.3 Å². The lowest BCUT2D eigenvalue weighted by Crippen LogP contribution is -2.45. The summed E-state index contributed by atoms with van der Waals surface area (Å²) < 4.78 is 0. The number of nitrogens with zero attached hydrogens (tertiary/aromatic N) is 1. The van der Waals surface area contributed by atoms with Gasteiger partial charge < -0.3 is 16.0 Å². The van der Waals surface area contributed by atoms with Crippen molar-refractivity contribution in [3.63, 3.8) is 0 Å². The second kappa shape index (κ2) is 7.41. The number of rotatable bonds is 5. The third kappa shape index (κ3) is 4.62. The highest BCUT2D eigenvalue weighted by Crippen LogP contribution is 2.14. The Morgan fingerprint density at radius 1 is 1.35 bits per heavy atom. The van der Waals surface area contributed by atoms with Crippen LogP contribution < -0.4 is 11.1 Å². The number of hydrogen-bond donors (Lipinski definition) is 2. The first-order valence-electron chi connectivity index (χ1n) is 7.41. The first kappa shape index (κ1) is 15.0. The Labute approximate surface area is 121 Å². The summed E-state index contributed by atoms with van der Waals surface area (Å²) in [5.41, 5.74) is 7.07. The van der Waals surface area contributed by atoms with Crippen molar-refractivity contribution < 1.29 is 4.79 Å². The Hall–Kier alpha value is -1.39. The normalized spacial score (nSPS) is 18.7. The van der Waals surface area contributed by atoms with Crippen LogP contribution in [0, 0.1) is 5.92 Å². The molecule has 1 aromatic carbocycles. The lowest BCUT2D eigenvalue weighted by Gasteiger charge is -2.29. The number of amides is 1. The molecule has 1 atom stereocenters. The fourth-order valence-electron chi connectivity index (χ4n) is 2.60. The molecule has 0 bridgehead atoms. The predicted molar refractivity (Wildman–Crippen MR) is 81.4 cm³/mol. The smallest absolute Gasteiger partial charge is 0.237 e. The topological polar surface area (TPSA) is 58.4 Å². The van der Waals surface area contributed by atoms with E-state index in [0.29, 0.717) is 12.3 Å². The van der Waals surface area contributed by atoms with Gasteiger partial charge in [0.25, 0.3) is 0 Å². The maximum absolute atomic E-state index is 12.0. The van der Waals surface area contributed by atoms with Crippen molar-refractivity contribution in [2.24, 2.45) is 11.7 Å². The van der Waals surface area contributed by atoms with Crippen molar-refractivity contribution in [2.75, 3.05) is 26.7 Å². The lowest BCUT2D eigenvalue weighted by atomic mass is 9.97. The third-order valence-corrected chi connectivity index (χ3v) is 4.04. The summed E-state index contributed by atoms with van der Waals surface area (Å²) >= 11 is 0. The van der Waals surface area contributed by atoms with E-state index in [2.05, 4.69) is 17.3 Å². The van der Waals surface area contributed by atoms with Gasteiger partial charge in [-0.25, -0.2) is 0 Å². The van der Waals surface area contributed by atoms with Crippen LogP contribution in [0.5, 0.6) is 0 Å². The molecular weight excluding hydrogens is 250 g/mol. The Morgan fingerprint density at radius 3 is 2.65 bits per heavy atom. The van der Waals surface area contributed by atoms with Crippen molar-refractivity contribution in [1.82, 2.24) is 10.2 Å². The molecule has 20 heavy (non-hydrogen) atoms. The van der Waals surface area contributed by atoms with Crippen molar-refractivity contribution in [2.45, 2.75) is 25.3 Å². The number of benzene rings is 1. The highest BCUT2D eigenvalue weighted by atomic mass is 16.2. The molecule has 1 unspecified atom stereocenters. The molecule has 1 heterocycles. The van der Waals surface area contributed by atoms with Gasteiger partial charge in [-0.2, -0.15) is 0 Å². The van der Waals surface area contributed by atoms with Gasteiger partial charge in [-0.3, -0.25) is 4.79 Å². The zero-order valence-electron chi connectivity index (χ0n) is 12.2. The van der Waals surface area contributed by atoms with Crippen LogP contribution >= 0.6 is 0 Å². The minimum absolute atomic E-state index is 0.0345. The summed E-state index contributed by atoms with van der Waals surface area (Å²) in [4.78, 5) is 14.3. The average molecular weight is 275 g/mol. The van der Waals surface area contributed by atoms with Crippen LogP contribution in [-0.2, 0) is 11.2 Å². The average Bonchev–Trinajstić information content (AvgIpc) is 2.47. The van der Waals surface area contributed by atoms with Crippen molar-refractivity contribution in [3.8, 4) is 0 Å². The number of likely N-dealkylation sites (tertiary alicyclic amines) is 1. The van der Waals surface area contributed by atoms with Crippen LogP contribution in [0.4, 0.5) is 0 Å². The number of nitrogens with one attached hydrogen (secondary N) is 1. The van der Waals surface area contributed by atoms with Gasteiger partial charge in [-0.05, 0) is 50.9 Å². The van der Waals surface area contributed by atoms with Gasteiger partial charge in [0.05, 0.1) is 6.04 Å². The van der Waals surface area contributed by atoms with E-state index in [4.69, 9.17) is 5.73 Å². The van der Waals surface area contributed by atoms with Crippen molar-refractivity contribution in [3.05, 3.63) is 35.9 Å². The first-order valence-corrected chi connectivity index (χ1v) is 7.41. The van der Waals surface area contributed by atoms with Crippen LogP contribution in [0.3, 0.4) is 0 Å². The summed E-state index contributed by atoms with van der Waals surface area (Å²) in [5.74, 6) is 0.562. The van der Waals surface area contributed by atoms with Gasteiger partial charge >= 0.3 is 0 Å². The Kier molecular flexibility index (Phi) is 5.56. The third-order valence-electron chi connectivity index (χ3n) is 4.04. The fourth-order valence-corrected chi connectivity index (χ4v) is 2.60. The van der Waals surface area contributed by atoms with Gasteiger partial charge in [0, 0.05) is 6.54 Å². The molecule has 0 aromatic heterocycles. The molecule has 4 nitrogen and oxygen atoms in total. The summed E-state index contributed by atoms with van der Waals surface area (Å²) in [6.45, 7) is 3.00. The second-order valence-corrected chi connectivity index (χ2v) is 5.79. The monoisotopic (exact) mass is 275 g/mol. The molecule has 1 aromatic rings. The molecule has 1 aliphatic heterocycles. The molecule has 0 spiro atoms. The zero-order chi connectivity index (χ0) is 14.4. The largest absolute Gasteiger partial charge is 0.354 e. The molecule has 1 fully saturated rings. The molecular formula is C16H25N3O. The highest BCUT2D eigenvalue weighted by molar-refractivity contribution is 5.81. The highest BCUT2D eigenvalue weighted by Gasteiger charge is 2.19. The van der Waals surface area contributed by atoms with E-state index < -0.39 is 6.04 Å². The Bertz CT molecular complexity index is 413. The van der Waals surface area contributed by atoms with Crippen LogP contribution in [0.2, 0.25) is 0 Å². The minimum Gasteiger partial charge on any atom is -0.354 e. The van der Waals surface area contributed by atoms with E-state index in [0.717, 1.165) is 38.0 Å². The molecule has 0 radical (unpaired) electrons. The van der Waals surface area contributed by atoms with E-state index in [1.807, 2.05) is 30.3 Å². The second-order valence-electron chi connectivity index (χ2n) is 5.79. The quantitative estimate of drug-likeness (QED) is 0.843. The molecule has 0 saturated carbocycles. The van der Waals surface area contributed by atoms with E-state index in [9.17, 15) is 4.79 Å². The van der Waals surface area contributed by atoms with E-state index >= 15 is 0 Å². The predicted octanol–water partition coefficient (Wildman–Crippen LogP) is 1.01. The maximum Gasteiger partial charge on any atom is 0.237 e. The molecule has 2 rings (SSSR count). The number of carbonyl (C=O) groups excluding carboxylic acids is 1. The molecule has 4 heteroatoms. The minimum atomic E-state index is -0.455. The molecule has 1 saturated heterocycles. The Morgan fingerprint density at radius 2 is 2.00 bits per heavy atom. The SMILES string of the molecule is CN1CCC(CNC(=O)C(N)Cc2ccccc2)CC1. The van der Waals surface area contributed by atoms with E-state index in [1.165, 1.54) is 0 Å². The molecule has 110 valence electrons. The molecule has 0 aliphatic carbocycles. The van der Waals surface area contributed by atoms with E-state index in [1.54, 1.807) is 0 Å². The molecule has 1 aliphatic rings. The van der Waals surface area contributed by atoms with Crippen molar-refractivity contribution >= 4 is 5.91 Å². The van der Waals surface area contributed by atoms with Gasteiger partial charge in [0.15, 0.2) is 0 Å². The van der Waals surface area contributed by atoms with Crippen LogP contribution in [0.25, 0.3) is 0 Å². The van der Waals surface area contributed by atoms with E-state index in [-0.39, 0.29) is 5.91 Å².